The van der Waals surface area contributed by atoms with Crippen LogP contribution in [-0.4, -0.2) is 53.2 Å². The van der Waals surface area contributed by atoms with E-state index in [2.05, 4.69) is 80.3 Å². The summed E-state index contributed by atoms with van der Waals surface area (Å²) in [6, 6.07) is 19.7. The van der Waals surface area contributed by atoms with Crippen LogP contribution in [0.5, 0.6) is 0 Å². The highest BCUT2D eigenvalue weighted by Crippen LogP contribution is 2.30. The first-order chi connectivity index (χ1) is 13.2. The van der Waals surface area contributed by atoms with Gasteiger partial charge in [0.1, 0.15) is 0 Å². The molecule has 27 heavy (non-hydrogen) atoms. The summed E-state index contributed by atoms with van der Waals surface area (Å²) in [6.45, 7) is 4.96. The average molecular weight is 429 g/mol. The molecule has 2 aromatic rings. The molecule has 0 bridgehead atoms. The van der Waals surface area contributed by atoms with Gasteiger partial charge in [-0.15, -0.1) is 0 Å². The minimum absolute atomic E-state index is 0.251. The monoisotopic (exact) mass is 428 g/mol. The van der Waals surface area contributed by atoms with Crippen LogP contribution in [0.3, 0.4) is 0 Å². The molecule has 0 aliphatic carbocycles. The van der Waals surface area contributed by atoms with E-state index in [1.807, 2.05) is 0 Å². The van der Waals surface area contributed by atoms with Crippen LogP contribution in [-0.2, 0) is 6.54 Å². The standard InChI is InChI=1S/C23H29BrN2O/c24-21-8-4-5-18(15-21)16-25-12-11-22(23(27)17-25)26-13-9-20(10-14-26)19-6-2-1-3-7-19/h1-8,15,20,22-23,27H,9-14,16-17H2/t22-,23+/m1/s1. The van der Waals surface area contributed by atoms with Gasteiger partial charge in [0.2, 0.25) is 0 Å². The van der Waals surface area contributed by atoms with E-state index in [0.29, 0.717) is 12.0 Å². The predicted molar refractivity (Wildman–Crippen MR) is 114 cm³/mol. The largest absolute Gasteiger partial charge is 0.390 e. The maximum atomic E-state index is 10.8. The van der Waals surface area contributed by atoms with E-state index in [1.54, 1.807) is 0 Å². The molecule has 2 aliphatic heterocycles. The molecule has 0 saturated carbocycles. The molecule has 0 amide bonds. The van der Waals surface area contributed by atoms with Gasteiger partial charge in [-0.3, -0.25) is 9.80 Å². The van der Waals surface area contributed by atoms with Crippen molar-refractivity contribution in [3.63, 3.8) is 0 Å². The molecular weight excluding hydrogens is 400 g/mol. The maximum absolute atomic E-state index is 10.8. The second-order valence-corrected chi connectivity index (χ2v) is 8.93. The lowest BCUT2D eigenvalue weighted by Gasteiger charge is -2.44. The Labute approximate surface area is 171 Å². The van der Waals surface area contributed by atoms with Crippen molar-refractivity contribution < 1.29 is 5.11 Å². The Balaban J connectivity index is 1.29. The molecule has 2 saturated heterocycles. The highest BCUT2D eigenvalue weighted by Gasteiger charge is 2.34. The molecule has 144 valence electrons. The Morgan fingerprint density at radius 1 is 0.926 bits per heavy atom. The average Bonchev–Trinajstić information content (AvgIpc) is 2.69. The number of β-amino-alcohol motifs (C(OH)–C–C–N with tert-alkyl or cyclic N) is 1. The molecule has 2 atom stereocenters. The summed E-state index contributed by atoms with van der Waals surface area (Å²) in [6.07, 6.45) is 3.22. The third kappa shape index (κ3) is 4.80. The first kappa shape index (κ1) is 19.1. The van der Waals surface area contributed by atoms with Crippen LogP contribution in [0.2, 0.25) is 0 Å². The Hall–Kier alpha value is -1.20. The number of hydrogen-bond donors (Lipinski definition) is 1. The van der Waals surface area contributed by atoms with Crippen molar-refractivity contribution in [3.8, 4) is 0 Å². The van der Waals surface area contributed by atoms with E-state index in [9.17, 15) is 5.11 Å². The molecule has 0 radical (unpaired) electrons. The lowest BCUT2D eigenvalue weighted by atomic mass is 9.87. The Morgan fingerprint density at radius 3 is 2.41 bits per heavy atom. The van der Waals surface area contributed by atoms with Crippen molar-refractivity contribution in [2.75, 3.05) is 26.2 Å². The second-order valence-electron chi connectivity index (χ2n) is 8.01. The van der Waals surface area contributed by atoms with Crippen LogP contribution in [0.25, 0.3) is 0 Å². The molecule has 0 spiro atoms. The SMILES string of the molecule is O[C@H]1CN(Cc2cccc(Br)c2)CC[C@H]1N1CCC(c2ccccc2)CC1. The van der Waals surface area contributed by atoms with Crippen molar-refractivity contribution in [3.05, 3.63) is 70.2 Å². The number of rotatable bonds is 4. The number of benzene rings is 2. The van der Waals surface area contributed by atoms with E-state index in [1.165, 1.54) is 24.0 Å². The molecule has 2 aromatic carbocycles. The molecule has 4 heteroatoms. The molecule has 2 fully saturated rings. The quantitative estimate of drug-likeness (QED) is 0.787. The molecule has 3 nitrogen and oxygen atoms in total. The van der Waals surface area contributed by atoms with Crippen LogP contribution in [0.15, 0.2) is 59.1 Å². The van der Waals surface area contributed by atoms with Crippen LogP contribution >= 0.6 is 15.9 Å². The third-order valence-electron chi connectivity index (χ3n) is 6.20. The second kappa shape index (κ2) is 8.87. The third-order valence-corrected chi connectivity index (χ3v) is 6.69. The lowest BCUT2D eigenvalue weighted by Crippen LogP contribution is -2.55. The molecule has 0 unspecified atom stereocenters. The van der Waals surface area contributed by atoms with Crippen LogP contribution in [0, 0.1) is 0 Å². The predicted octanol–water partition coefficient (Wildman–Crippen LogP) is 4.26. The smallest absolute Gasteiger partial charge is 0.0822 e. The van der Waals surface area contributed by atoms with Gasteiger partial charge in [-0.05, 0) is 61.5 Å². The van der Waals surface area contributed by atoms with E-state index >= 15 is 0 Å². The number of halogens is 1. The van der Waals surface area contributed by atoms with Crippen LogP contribution in [0.4, 0.5) is 0 Å². The lowest BCUT2D eigenvalue weighted by molar-refractivity contribution is -0.0231. The molecular formula is C23H29BrN2O. The number of piperidine rings is 2. The summed E-state index contributed by atoms with van der Waals surface area (Å²) in [7, 11) is 0. The summed E-state index contributed by atoms with van der Waals surface area (Å²) >= 11 is 3.55. The topological polar surface area (TPSA) is 26.7 Å². The van der Waals surface area contributed by atoms with Crippen molar-refractivity contribution in [2.24, 2.45) is 0 Å². The van der Waals surface area contributed by atoms with Gasteiger partial charge < -0.3 is 5.11 Å². The summed E-state index contributed by atoms with van der Waals surface area (Å²) < 4.78 is 1.12. The Bertz CT molecular complexity index is 730. The van der Waals surface area contributed by atoms with Crippen molar-refractivity contribution >= 4 is 15.9 Å². The molecule has 0 aromatic heterocycles. The summed E-state index contributed by atoms with van der Waals surface area (Å²) in [5, 5.41) is 10.8. The fourth-order valence-electron chi connectivity index (χ4n) is 4.74. The normalized spacial score (nSPS) is 25.6. The minimum Gasteiger partial charge on any atom is -0.390 e. The fraction of sp³-hybridized carbons (Fsp3) is 0.478. The number of aliphatic hydroxyl groups is 1. The number of hydrogen-bond acceptors (Lipinski definition) is 3. The molecule has 2 heterocycles. The summed E-state index contributed by atoms with van der Waals surface area (Å²) in [5.41, 5.74) is 2.78. The molecule has 2 aliphatic rings. The highest BCUT2D eigenvalue weighted by molar-refractivity contribution is 9.10. The molecule has 4 rings (SSSR count). The fourth-order valence-corrected chi connectivity index (χ4v) is 5.18. The first-order valence-corrected chi connectivity index (χ1v) is 10.9. The number of aliphatic hydroxyl groups excluding tert-OH is 1. The Morgan fingerprint density at radius 2 is 1.70 bits per heavy atom. The Kier molecular flexibility index (Phi) is 6.28. The van der Waals surface area contributed by atoms with Crippen LogP contribution in [0.1, 0.15) is 36.3 Å². The van der Waals surface area contributed by atoms with Gasteiger partial charge in [-0.2, -0.15) is 0 Å². The van der Waals surface area contributed by atoms with Crippen LogP contribution < -0.4 is 0 Å². The van der Waals surface area contributed by atoms with Gasteiger partial charge in [-0.1, -0.05) is 58.4 Å². The zero-order valence-corrected chi connectivity index (χ0v) is 17.4. The van der Waals surface area contributed by atoms with Crippen molar-refractivity contribution in [1.29, 1.82) is 0 Å². The van der Waals surface area contributed by atoms with Gasteiger partial charge in [0.25, 0.3) is 0 Å². The zero-order chi connectivity index (χ0) is 18.6. The summed E-state index contributed by atoms with van der Waals surface area (Å²) in [5.74, 6) is 0.677. The molecule has 1 N–H and O–H groups in total. The van der Waals surface area contributed by atoms with E-state index in [0.717, 1.165) is 43.6 Å². The maximum Gasteiger partial charge on any atom is 0.0822 e. The van der Waals surface area contributed by atoms with Crippen molar-refractivity contribution in [1.82, 2.24) is 9.80 Å². The van der Waals surface area contributed by atoms with E-state index in [-0.39, 0.29) is 6.10 Å². The van der Waals surface area contributed by atoms with E-state index < -0.39 is 0 Å². The van der Waals surface area contributed by atoms with Crippen molar-refractivity contribution in [2.45, 2.75) is 43.9 Å². The first-order valence-electron chi connectivity index (χ1n) is 10.1. The zero-order valence-electron chi connectivity index (χ0n) is 15.8. The van der Waals surface area contributed by atoms with E-state index in [4.69, 9.17) is 0 Å². The minimum atomic E-state index is -0.251. The van der Waals surface area contributed by atoms with Gasteiger partial charge in [0, 0.05) is 30.1 Å². The highest BCUT2D eigenvalue weighted by atomic mass is 79.9. The van der Waals surface area contributed by atoms with Gasteiger partial charge in [-0.25, -0.2) is 0 Å². The van der Waals surface area contributed by atoms with Gasteiger partial charge in [0.15, 0.2) is 0 Å². The van der Waals surface area contributed by atoms with Gasteiger partial charge in [0.05, 0.1) is 6.10 Å². The summed E-state index contributed by atoms with van der Waals surface area (Å²) in [4.78, 5) is 4.93. The number of likely N-dealkylation sites (tertiary alicyclic amines) is 2. The van der Waals surface area contributed by atoms with Gasteiger partial charge >= 0.3 is 0 Å². The number of nitrogens with zero attached hydrogens (tertiary/aromatic N) is 2.